The van der Waals surface area contributed by atoms with Crippen LogP contribution in [0.5, 0.6) is 5.75 Å². The van der Waals surface area contributed by atoms with Crippen LogP contribution in [0.3, 0.4) is 0 Å². The second kappa shape index (κ2) is 6.28. The average molecular weight is 274 g/mol. The first-order valence-electron chi connectivity index (χ1n) is 6.53. The highest BCUT2D eigenvalue weighted by molar-refractivity contribution is 5.68. The van der Waals surface area contributed by atoms with Gasteiger partial charge in [0.1, 0.15) is 0 Å². The molecule has 20 heavy (non-hydrogen) atoms. The lowest BCUT2D eigenvalue weighted by Gasteiger charge is -2.12. The van der Waals surface area contributed by atoms with Gasteiger partial charge in [0.25, 0.3) is 0 Å². The molecule has 0 fully saturated rings. The minimum absolute atomic E-state index is 0.192. The number of benzene rings is 2. The summed E-state index contributed by atoms with van der Waals surface area (Å²) in [7, 11) is 1.44. The lowest BCUT2D eigenvalue weighted by molar-refractivity contribution is 0.387. The van der Waals surface area contributed by atoms with E-state index in [4.69, 9.17) is 10.5 Å². The van der Waals surface area contributed by atoms with Crippen molar-refractivity contribution in [2.24, 2.45) is 0 Å². The number of methoxy groups -OCH3 is 1. The summed E-state index contributed by atoms with van der Waals surface area (Å²) in [5.74, 6) is -0.257. The quantitative estimate of drug-likeness (QED) is 0.822. The van der Waals surface area contributed by atoms with Crippen LogP contribution >= 0.6 is 0 Å². The number of ether oxygens (including phenoxy) is 1. The Labute approximate surface area is 118 Å². The van der Waals surface area contributed by atoms with Crippen molar-refractivity contribution >= 4 is 11.4 Å². The topological polar surface area (TPSA) is 47.3 Å². The normalized spacial score (nSPS) is 10.3. The molecule has 0 saturated heterocycles. The average Bonchev–Trinajstić information content (AvgIpc) is 2.43. The van der Waals surface area contributed by atoms with Crippen molar-refractivity contribution in [3.8, 4) is 5.75 Å². The van der Waals surface area contributed by atoms with Crippen LogP contribution in [0.15, 0.2) is 36.4 Å². The van der Waals surface area contributed by atoms with Crippen LogP contribution in [0.2, 0.25) is 0 Å². The standard InChI is InChI=1S/C16H19FN2O/c1-11-5-3-4-6-12(11)7-8-19-15-10-16(20-2)13(17)9-14(15)18/h3-6,9-10,19H,7-8,18H2,1-2H3. The number of nitrogens with two attached hydrogens (primary N) is 1. The zero-order chi connectivity index (χ0) is 14.5. The van der Waals surface area contributed by atoms with Crippen molar-refractivity contribution in [3.05, 3.63) is 53.3 Å². The van der Waals surface area contributed by atoms with Crippen molar-refractivity contribution in [2.75, 3.05) is 24.7 Å². The van der Waals surface area contributed by atoms with Crippen molar-refractivity contribution in [3.63, 3.8) is 0 Å². The maximum Gasteiger partial charge on any atom is 0.167 e. The SMILES string of the molecule is COc1cc(NCCc2ccccc2C)c(N)cc1F. The number of anilines is 2. The first kappa shape index (κ1) is 14.2. The van der Waals surface area contributed by atoms with E-state index in [0.29, 0.717) is 11.4 Å². The molecule has 0 bridgehead atoms. The largest absolute Gasteiger partial charge is 0.494 e. The van der Waals surface area contributed by atoms with E-state index in [-0.39, 0.29) is 5.75 Å². The second-order valence-corrected chi connectivity index (χ2v) is 4.68. The van der Waals surface area contributed by atoms with Crippen LogP contribution in [0.1, 0.15) is 11.1 Å². The Kier molecular flexibility index (Phi) is 4.45. The van der Waals surface area contributed by atoms with Gasteiger partial charge >= 0.3 is 0 Å². The highest BCUT2D eigenvalue weighted by Gasteiger charge is 2.08. The van der Waals surface area contributed by atoms with Crippen LogP contribution in [0.25, 0.3) is 0 Å². The number of aryl methyl sites for hydroxylation is 1. The monoisotopic (exact) mass is 274 g/mol. The molecule has 0 heterocycles. The Morgan fingerprint density at radius 3 is 2.70 bits per heavy atom. The first-order valence-corrected chi connectivity index (χ1v) is 6.53. The molecule has 0 unspecified atom stereocenters. The summed E-state index contributed by atoms with van der Waals surface area (Å²) in [6.45, 7) is 2.81. The molecule has 2 aromatic rings. The van der Waals surface area contributed by atoms with Gasteiger partial charge in [0, 0.05) is 18.7 Å². The highest BCUT2D eigenvalue weighted by atomic mass is 19.1. The summed E-state index contributed by atoms with van der Waals surface area (Å²) in [4.78, 5) is 0. The van der Waals surface area contributed by atoms with E-state index in [1.165, 1.54) is 24.3 Å². The zero-order valence-electron chi connectivity index (χ0n) is 11.7. The number of nitrogen functional groups attached to an aromatic ring is 1. The van der Waals surface area contributed by atoms with Crippen LogP contribution in [0.4, 0.5) is 15.8 Å². The van der Waals surface area contributed by atoms with Gasteiger partial charge in [-0.2, -0.15) is 0 Å². The van der Waals surface area contributed by atoms with E-state index in [1.807, 2.05) is 12.1 Å². The van der Waals surface area contributed by atoms with E-state index < -0.39 is 5.82 Å². The molecular weight excluding hydrogens is 255 g/mol. The van der Waals surface area contributed by atoms with Crippen molar-refractivity contribution in [1.29, 1.82) is 0 Å². The van der Waals surface area contributed by atoms with E-state index >= 15 is 0 Å². The Morgan fingerprint density at radius 1 is 1.25 bits per heavy atom. The third kappa shape index (κ3) is 3.20. The fourth-order valence-electron chi connectivity index (χ4n) is 2.10. The molecular formula is C16H19FN2O. The predicted octanol–water partition coefficient (Wildman–Crippen LogP) is 3.38. The number of rotatable bonds is 5. The van der Waals surface area contributed by atoms with Crippen molar-refractivity contribution in [1.82, 2.24) is 0 Å². The second-order valence-electron chi connectivity index (χ2n) is 4.68. The van der Waals surface area contributed by atoms with Gasteiger partial charge in [0.15, 0.2) is 11.6 Å². The van der Waals surface area contributed by atoms with Crippen LogP contribution in [-0.2, 0) is 6.42 Å². The Morgan fingerprint density at radius 2 is 2.00 bits per heavy atom. The van der Waals surface area contributed by atoms with E-state index in [9.17, 15) is 4.39 Å². The minimum atomic E-state index is -0.450. The summed E-state index contributed by atoms with van der Waals surface area (Å²) in [5, 5.41) is 3.22. The smallest absolute Gasteiger partial charge is 0.167 e. The molecule has 0 aromatic heterocycles. The molecule has 0 aliphatic carbocycles. The molecule has 106 valence electrons. The van der Waals surface area contributed by atoms with Crippen LogP contribution < -0.4 is 15.8 Å². The molecule has 0 spiro atoms. The number of hydrogen-bond donors (Lipinski definition) is 2. The fourth-order valence-corrected chi connectivity index (χ4v) is 2.10. The van der Waals surface area contributed by atoms with Crippen LogP contribution in [-0.4, -0.2) is 13.7 Å². The fraction of sp³-hybridized carbons (Fsp3) is 0.250. The molecule has 0 aliphatic heterocycles. The van der Waals surface area contributed by atoms with Gasteiger partial charge in [-0.1, -0.05) is 24.3 Å². The van der Waals surface area contributed by atoms with E-state index in [0.717, 1.165) is 13.0 Å². The van der Waals surface area contributed by atoms with Gasteiger partial charge in [-0.05, 0) is 24.5 Å². The number of halogens is 1. The molecule has 4 heteroatoms. The lowest BCUT2D eigenvalue weighted by Crippen LogP contribution is -2.08. The zero-order valence-corrected chi connectivity index (χ0v) is 11.7. The van der Waals surface area contributed by atoms with Gasteiger partial charge in [0.2, 0.25) is 0 Å². The Balaban J connectivity index is 2.03. The van der Waals surface area contributed by atoms with Crippen molar-refractivity contribution in [2.45, 2.75) is 13.3 Å². The molecule has 0 aliphatic rings. The third-order valence-electron chi connectivity index (χ3n) is 3.30. The maximum absolute atomic E-state index is 13.4. The molecule has 3 nitrogen and oxygen atoms in total. The summed E-state index contributed by atoms with van der Waals surface area (Å²) in [6, 6.07) is 11.1. The Bertz CT molecular complexity index is 599. The molecule has 0 saturated carbocycles. The number of nitrogens with one attached hydrogen (secondary N) is 1. The number of hydrogen-bond acceptors (Lipinski definition) is 3. The summed E-state index contributed by atoms with van der Waals surface area (Å²) in [5.41, 5.74) is 9.42. The van der Waals surface area contributed by atoms with Gasteiger partial charge in [-0.25, -0.2) is 4.39 Å². The highest BCUT2D eigenvalue weighted by Crippen LogP contribution is 2.27. The van der Waals surface area contributed by atoms with Gasteiger partial charge < -0.3 is 15.8 Å². The summed E-state index contributed by atoms with van der Waals surface area (Å²) >= 11 is 0. The molecule has 0 radical (unpaired) electrons. The summed E-state index contributed by atoms with van der Waals surface area (Å²) in [6.07, 6.45) is 0.881. The molecule has 0 amide bonds. The summed E-state index contributed by atoms with van der Waals surface area (Å²) < 4.78 is 18.4. The molecule has 2 rings (SSSR count). The predicted molar refractivity (Wildman–Crippen MR) is 80.7 cm³/mol. The minimum Gasteiger partial charge on any atom is -0.494 e. The van der Waals surface area contributed by atoms with Gasteiger partial charge in [-0.3, -0.25) is 0 Å². The maximum atomic E-state index is 13.4. The Hall–Kier alpha value is -2.23. The van der Waals surface area contributed by atoms with E-state index in [1.54, 1.807) is 6.07 Å². The van der Waals surface area contributed by atoms with Gasteiger partial charge in [-0.15, -0.1) is 0 Å². The van der Waals surface area contributed by atoms with E-state index in [2.05, 4.69) is 24.4 Å². The molecule has 2 aromatic carbocycles. The lowest BCUT2D eigenvalue weighted by atomic mass is 10.1. The van der Waals surface area contributed by atoms with Crippen LogP contribution in [0, 0.1) is 12.7 Å². The molecule has 3 N–H and O–H groups in total. The third-order valence-corrected chi connectivity index (χ3v) is 3.30. The van der Waals surface area contributed by atoms with Crippen molar-refractivity contribution < 1.29 is 9.13 Å². The first-order chi connectivity index (χ1) is 9.61. The van der Waals surface area contributed by atoms with Gasteiger partial charge in [0.05, 0.1) is 18.5 Å². The molecule has 0 atom stereocenters.